The largest absolute Gasteiger partial charge is 0.376 e. The minimum atomic E-state index is -0.557. The molecule has 0 aromatic heterocycles. The Labute approximate surface area is 203 Å². The summed E-state index contributed by atoms with van der Waals surface area (Å²) in [4.78, 5) is 28.7. The van der Waals surface area contributed by atoms with Crippen LogP contribution in [0, 0.1) is 17.3 Å². The molecule has 1 spiro atoms. The highest BCUT2D eigenvalue weighted by atomic mass is 35.5. The van der Waals surface area contributed by atoms with Crippen LogP contribution in [0.5, 0.6) is 0 Å². The van der Waals surface area contributed by atoms with E-state index in [0.717, 1.165) is 31.4 Å². The van der Waals surface area contributed by atoms with Crippen molar-refractivity contribution in [3.63, 3.8) is 0 Å². The molecule has 2 aliphatic heterocycles. The molecule has 33 heavy (non-hydrogen) atoms. The third-order valence-electron chi connectivity index (χ3n) is 6.48. The van der Waals surface area contributed by atoms with Crippen molar-refractivity contribution in [1.29, 1.82) is 0 Å². The van der Waals surface area contributed by atoms with Crippen molar-refractivity contribution in [2.45, 2.75) is 46.1 Å². The Bertz CT molecular complexity index is 821. The fourth-order valence-electron chi connectivity index (χ4n) is 4.74. The fourth-order valence-corrected chi connectivity index (χ4v) is 4.95. The summed E-state index contributed by atoms with van der Waals surface area (Å²) in [5, 5.41) is 7.11. The average molecular weight is 476 g/mol. The zero-order valence-electron chi connectivity index (χ0n) is 19.9. The van der Waals surface area contributed by atoms with Gasteiger partial charge in [-0.1, -0.05) is 49.7 Å². The smallest absolute Gasteiger partial charge is 0.229 e. The number of carbonyl (C=O) groups is 2. The Morgan fingerprint density at radius 3 is 2.82 bits per heavy atom. The van der Waals surface area contributed by atoms with Gasteiger partial charge in [0.2, 0.25) is 11.8 Å². The van der Waals surface area contributed by atoms with Crippen LogP contribution in [0.1, 0.15) is 45.1 Å². The fraction of sp³-hybridized carbons (Fsp3) is 0.615. The summed E-state index contributed by atoms with van der Waals surface area (Å²) in [5.74, 6) is 0.432. The van der Waals surface area contributed by atoms with Gasteiger partial charge in [0.1, 0.15) is 0 Å². The minimum absolute atomic E-state index is 0.00428. The molecule has 0 radical (unpaired) electrons. The summed E-state index contributed by atoms with van der Waals surface area (Å²) in [6.07, 6.45) is 7.29. The third kappa shape index (κ3) is 7.56. The number of benzene rings is 1. The van der Waals surface area contributed by atoms with E-state index in [1.165, 1.54) is 0 Å². The lowest BCUT2D eigenvalue weighted by Gasteiger charge is -2.36. The van der Waals surface area contributed by atoms with Gasteiger partial charge in [0, 0.05) is 37.1 Å². The van der Waals surface area contributed by atoms with Gasteiger partial charge in [-0.3, -0.25) is 9.59 Å². The van der Waals surface area contributed by atoms with Crippen molar-refractivity contribution in [1.82, 2.24) is 15.5 Å². The molecule has 2 heterocycles. The lowest BCUT2D eigenvalue weighted by molar-refractivity contribution is -0.139. The predicted molar refractivity (Wildman–Crippen MR) is 132 cm³/mol. The van der Waals surface area contributed by atoms with Crippen molar-refractivity contribution in [2.75, 3.05) is 39.4 Å². The zero-order chi connectivity index (χ0) is 23.7. The Morgan fingerprint density at radius 2 is 2.09 bits per heavy atom. The van der Waals surface area contributed by atoms with Crippen molar-refractivity contribution in [3.05, 3.63) is 47.0 Å². The van der Waals surface area contributed by atoms with Crippen LogP contribution in [0.4, 0.5) is 0 Å². The number of piperidine rings is 1. The maximum absolute atomic E-state index is 13.6. The molecule has 7 heteroatoms. The maximum atomic E-state index is 13.6. The Morgan fingerprint density at radius 1 is 1.24 bits per heavy atom. The number of nitrogens with one attached hydrogen (secondary N) is 2. The van der Waals surface area contributed by atoms with E-state index in [-0.39, 0.29) is 17.7 Å². The van der Waals surface area contributed by atoms with E-state index in [2.05, 4.69) is 30.6 Å². The number of ether oxygens (including phenoxy) is 1. The molecule has 0 bridgehead atoms. The highest BCUT2D eigenvalue weighted by Crippen LogP contribution is 2.27. The Kier molecular flexibility index (Phi) is 9.78. The first kappa shape index (κ1) is 25.7. The second-order valence-corrected chi connectivity index (χ2v) is 10.2. The molecule has 182 valence electrons. The molecule has 6 nitrogen and oxygen atoms in total. The third-order valence-corrected chi connectivity index (χ3v) is 6.72. The number of nitrogens with zero attached hydrogens (tertiary/aromatic N) is 1. The van der Waals surface area contributed by atoms with Gasteiger partial charge >= 0.3 is 0 Å². The monoisotopic (exact) mass is 475 g/mol. The van der Waals surface area contributed by atoms with Gasteiger partial charge in [0.05, 0.1) is 18.6 Å². The van der Waals surface area contributed by atoms with Gasteiger partial charge in [-0.15, -0.1) is 0 Å². The minimum Gasteiger partial charge on any atom is -0.376 e. The number of rotatable bonds is 4. The zero-order valence-corrected chi connectivity index (χ0v) is 20.7. The van der Waals surface area contributed by atoms with Gasteiger partial charge in [-0.05, 0) is 55.8 Å². The van der Waals surface area contributed by atoms with E-state index in [0.29, 0.717) is 56.8 Å². The summed E-state index contributed by atoms with van der Waals surface area (Å²) in [6.45, 7) is 8.02. The standard InChI is InChI=1S/C26H38ClN3O3/c1-20(2)15-22-8-3-4-14-33-19-26(10-6-11-28-18-26)25(32)29-12-13-30(24(22)31)17-21-7-5-9-23(27)16-21/h3-5,7,9,16,20,22,28H,6,8,10-15,17-19H2,1-2H3,(H,29,32). The number of carbonyl (C=O) groups excluding carboxylic acids is 2. The topological polar surface area (TPSA) is 70.7 Å². The van der Waals surface area contributed by atoms with E-state index < -0.39 is 5.41 Å². The second-order valence-electron chi connectivity index (χ2n) is 9.75. The number of allylic oxidation sites excluding steroid dienone is 1. The maximum Gasteiger partial charge on any atom is 0.229 e. The molecule has 0 aliphatic carbocycles. The molecule has 2 aliphatic rings. The molecule has 1 aromatic carbocycles. The first-order valence-electron chi connectivity index (χ1n) is 12.1. The molecule has 2 unspecified atom stereocenters. The van der Waals surface area contributed by atoms with Gasteiger partial charge in [-0.25, -0.2) is 0 Å². The van der Waals surface area contributed by atoms with Crippen LogP contribution in [-0.2, 0) is 20.9 Å². The predicted octanol–water partition coefficient (Wildman–Crippen LogP) is 3.79. The molecule has 1 saturated heterocycles. The number of hydrogen-bond donors (Lipinski definition) is 2. The first-order chi connectivity index (χ1) is 15.9. The number of amides is 2. The molecule has 2 atom stereocenters. The number of hydrogen-bond acceptors (Lipinski definition) is 4. The molecular weight excluding hydrogens is 438 g/mol. The van der Waals surface area contributed by atoms with Crippen LogP contribution in [0.25, 0.3) is 0 Å². The average Bonchev–Trinajstić information content (AvgIpc) is 2.79. The highest BCUT2D eigenvalue weighted by Gasteiger charge is 2.40. The molecule has 3 rings (SSSR count). The van der Waals surface area contributed by atoms with Crippen molar-refractivity contribution >= 4 is 23.4 Å². The Hall–Kier alpha value is -1.89. The van der Waals surface area contributed by atoms with E-state index in [4.69, 9.17) is 16.3 Å². The van der Waals surface area contributed by atoms with E-state index >= 15 is 0 Å². The summed E-state index contributed by atoms with van der Waals surface area (Å²) in [5.41, 5.74) is 0.432. The lowest BCUT2D eigenvalue weighted by atomic mass is 9.80. The van der Waals surface area contributed by atoms with Crippen LogP contribution in [0.2, 0.25) is 5.02 Å². The van der Waals surface area contributed by atoms with E-state index in [1.54, 1.807) is 0 Å². The van der Waals surface area contributed by atoms with E-state index in [9.17, 15) is 9.59 Å². The second kappa shape index (κ2) is 12.5. The normalized spacial score (nSPS) is 25.8. The van der Waals surface area contributed by atoms with Crippen LogP contribution >= 0.6 is 11.6 Å². The SMILES string of the molecule is CC(C)CC1CC=CCOCC2(CCCNC2)C(=O)NCCN(Cc2cccc(Cl)c2)C1=O. The first-order valence-corrected chi connectivity index (χ1v) is 12.5. The van der Waals surface area contributed by atoms with Crippen LogP contribution in [0.15, 0.2) is 36.4 Å². The summed E-state index contributed by atoms with van der Waals surface area (Å²) in [7, 11) is 0. The summed E-state index contributed by atoms with van der Waals surface area (Å²) in [6, 6.07) is 7.63. The van der Waals surface area contributed by atoms with Crippen molar-refractivity contribution in [3.8, 4) is 0 Å². The summed E-state index contributed by atoms with van der Waals surface area (Å²) < 4.78 is 5.90. The van der Waals surface area contributed by atoms with Gasteiger partial charge < -0.3 is 20.3 Å². The van der Waals surface area contributed by atoms with E-state index in [1.807, 2.05) is 35.2 Å². The molecule has 0 saturated carbocycles. The Balaban J connectivity index is 1.81. The molecule has 1 aromatic rings. The van der Waals surface area contributed by atoms with Gasteiger partial charge in [-0.2, -0.15) is 0 Å². The molecular formula is C26H38ClN3O3. The van der Waals surface area contributed by atoms with Crippen LogP contribution in [-0.4, -0.2) is 56.1 Å². The van der Waals surface area contributed by atoms with Crippen LogP contribution < -0.4 is 10.6 Å². The molecule has 2 N–H and O–H groups in total. The van der Waals surface area contributed by atoms with Gasteiger partial charge in [0.15, 0.2) is 0 Å². The molecule has 2 amide bonds. The van der Waals surface area contributed by atoms with Gasteiger partial charge in [0.25, 0.3) is 0 Å². The quantitative estimate of drug-likeness (QED) is 0.650. The van der Waals surface area contributed by atoms with Crippen molar-refractivity contribution < 1.29 is 14.3 Å². The van der Waals surface area contributed by atoms with Crippen LogP contribution in [0.3, 0.4) is 0 Å². The lowest BCUT2D eigenvalue weighted by Crippen LogP contribution is -2.54. The summed E-state index contributed by atoms with van der Waals surface area (Å²) >= 11 is 6.19. The van der Waals surface area contributed by atoms with Crippen molar-refractivity contribution in [2.24, 2.45) is 17.3 Å². The number of halogens is 1. The highest BCUT2D eigenvalue weighted by molar-refractivity contribution is 6.30. The molecule has 1 fully saturated rings.